The predicted molar refractivity (Wildman–Crippen MR) is 174 cm³/mol. The Morgan fingerprint density at radius 3 is 1.32 bits per heavy atom. The maximum absolute atomic E-state index is 5.65. The number of rotatable bonds is 10. The molecule has 0 atom stereocenters. The fourth-order valence-corrected chi connectivity index (χ4v) is 4.97. The van der Waals surface area contributed by atoms with Gasteiger partial charge in [0.2, 0.25) is 16.7 Å². The maximum Gasteiger partial charge on any atom is 0.225 e. The zero-order valence-electron chi connectivity index (χ0n) is 23.7. The molecule has 4 aromatic carbocycles. The number of anilines is 8. The van der Waals surface area contributed by atoms with E-state index >= 15 is 0 Å². The van der Waals surface area contributed by atoms with Crippen molar-refractivity contribution in [3.63, 3.8) is 0 Å². The Labute approximate surface area is 246 Å². The van der Waals surface area contributed by atoms with Crippen molar-refractivity contribution in [2.24, 2.45) is 0 Å². The normalized spacial score (nSPS) is 11.0. The highest BCUT2D eigenvalue weighted by Gasteiger charge is 2.23. The summed E-state index contributed by atoms with van der Waals surface area (Å²) in [4.78, 5) is 17.3. The molecule has 0 amide bonds. The Balaban J connectivity index is 1.58. The molecular weight excluding hydrogens is 526 g/mol. The molecule has 0 radical (unpaired) electrons. The molecule has 0 aliphatic rings. The van der Waals surface area contributed by atoms with Crippen LogP contribution in [-0.2, 0) is 0 Å². The lowest BCUT2D eigenvalue weighted by Gasteiger charge is -2.33. The maximum atomic E-state index is 5.65. The Morgan fingerprint density at radius 1 is 0.561 bits per heavy atom. The van der Waals surface area contributed by atoms with E-state index in [0.29, 0.717) is 11.9 Å². The predicted octanol–water partition coefficient (Wildman–Crippen LogP) is 9.11. The van der Waals surface area contributed by atoms with Gasteiger partial charge in [-0.1, -0.05) is 60.7 Å². The van der Waals surface area contributed by atoms with Crippen LogP contribution in [0.15, 0.2) is 109 Å². The second-order valence-corrected chi connectivity index (χ2v) is 10.6. The molecule has 1 aromatic heterocycles. The van der Waals surface area contributed by atoms with Gasteiger partial charge in [-0.25, -0.2) is 0 Å². The van der Waals surface area contributed by atoms with E-state index in [1.165, 1.54) is 0 Å². The first-order valence-corrected chi connectivity index (χ1v) is 14.2. The minimum Gasteiger partial charge on any atom is -0.354 e. The summed E-state index contributed by atoms with van der Waals surface area (Å²) in [5, 5.41) is 7.12. The third-order valence-corrected chi connectivity index (χ3v) is 6.73. The van der Waals surface area contributed by atoms with Gasteiger partial charge in [-0.2, -0.15) is 9.97 Å². The van der Waals surface area contributed by atoms with Crippen LogP contribution in [0.25, 0.3) is 0 Å². The first kappa shape index (κ1) is 27.9. The van der Waals surface area contributed by atoms with Crippen molar-refractivity contribution < 1.29 is 0 Å². The van der Waals surface area contributed by atoms with E-state index in [4.69, 9.17) is 22.2 Å². The lowest BCUT2D eigenvalue weighted by atomic mass is 10.2. The van der Waals surface area contributed by atoms with Gasteiger partial charge in [-0.15, -0.1) is 0 Å². The van der Waals surface area contributed by atoms with Crippen molar-refractivity contribution in [1.82, 2.24) is 15.0 Å². The number of benzene rings is 4. The van der Waals surface area contributed by atoms with Gasteiger partial charge in [0.15, 0.2) is 0 Å². The van der Waals surface area contributed by atoms with Gasteiger partial charge in [-0.3, -0.25) is 4.98 Å². The molecule has 0 saturated carbocycles. The van der Waals surface area contributed by atoms with Gasteiger partial charge in [0.25, 0.3) is 0 Å². The van der Waals surface area contributed by atoms with Crippen LogP contribution in [0.1, 0.15) is 27.7 Å². The van der Waals surface area contributed by atoms with Crippen LogP contribution in [0.5, 0.6) is 0 Å². The van der Waals surface area contributed by atoms with Gasteiger partial charge in [0, 0.05) is 23.5 Å². The highest BCUT2D eigenvalue weighted by atomic mass is 32.1. The van der Waals surface area contributed by atoms with E-state index in [2.05, 4.69) is 77.4 Å². The molecule has 8 heteroatoms. The monoisotopic (exact) mass is 561 g/mol. The SMILES string of the molecule is CC(C)N(c1nc(=S)nc(N(c2ccccc2Nc2ccccc2)C(C)C)[nH]1)c1ccccc1Nc1ccccc1. The summed E-state index contributed by atoms with van der Waals surface area (Å²) in [6, 6.07) is 36.9. The summed E-state index contributed by atoms with van der Waals surface area (Å²) in [6.45, 7) is 8.54. The smallest absolute Gasteiger partial charge is 0.225 e. The van der Waals surface area contributed by atoms with Crippen LogP contribution < -0.4 is 20.4 Å². The lowest BCUT2D eigenvalue weighted by Crippen LogP contribution is -2.31. The standard InChI is InChI=1S/C33H35N7S/c1-23(2)39(29-21-13-11-19-27(29)34-25-15-7-5-8-16-25)31-36-32(38-33(41)37-31)40(24(3)4)30-22-14-12-20-28(30)35-26-17-9-6-10-18-26/h5-24,34-35H,1-4H3,(H,36,37,38,41). The minimum absolute atomic E-state index is 0.0710. The number of hydrogen-bond acceptors (Lipinski definition) is 7. The van der Waals surface area contributed by atoms with Crippen LogP contribution in [0.4, 0.5) is 46.0 Å². The van der Waals surface area contributed by atoms with Gasteiger partial charge < -0.3 is 20.4 Å². The summed E-state index contributed by atoms with van der Waals surface area (Å²) >= 11 is 5.65. The Hall–Kier alpha value is -4.69. The zero-order chi connectivity index (χ0) is 28.8. The number of para-hydroxylation sites is 6. The molecule has 0 bridgehead atoms. The summed E-state index contributed by atoms with van der Waals surface area (Å²) in [7, 11) is 0. The van der Waals surface area contributed by atoms with E-state index in [9.17, 15) is 0 Å². The fourth-order valence-electron chi connectivity index (χ4n) is 4.80. The van der Waals surface area contributed by atoms with E-state index in [0.717, 1.165) is 34.1 Å². The zero-order valence-corrected chi connectivity index (χ0v) is 24.6. The quantitative estimate of drug-likeness (QED) is 0.147. The second-order valence-electron chi connectivity index (χ2n) is 10.2. The Kier molecular flexibility index (Phi) is 8.60. The van der Waals surface area contributed by atoms with Crippen LogP contribution in [-0.4, -0.2) is 27.0 Å². The third kappa shape index (κ3) is 6.56. The summed E-state index contributed by atoms with van der Waals surface area (Å²) in [5.41, 5.74) is 5.89. The Bertz CT molecular complexity index is 1520. The third-order valence-electron chi connectivity index (χ3n) is 6.55. The van der Waals surface area contributed by atoms with Gasteiger partial charge in [0.1, 0.15) is 0 Å². The lowest BCUT2D eigenvalue weighted by molar-refractivity contribution is 0.732. The fraction of sp³-hybridized carbons (Fsp3) is 0.182. The van der Waals surface area contributed by atoms with E-state index in [1.54, 1.807) is 0 Å². The number of H-pyrrole nitrogens is 1. The van der Waals surface area contributed by atoms with E-state index in [1.807, 2.05) is 84.9 Å². The molecule has 5 aromatic rings. The molecule has 0 aliphatic heterocycles. The van der Waals surface area contributed by atoms with E-state index < -0.39 is 0 Å². The second kappa shape index (κ2) is 12.7. The van der Waals surface area contributed by atoms with Crippen LogP contribution >= 0.6 is 12.2 Å². The van der Waals surface area contributed by atoms with Crippen molar-refractivity contribution in [1.29, 1.82) is 0 Å². The first-order chi connectivity index (χ1) is 19.9. The van der Waals surface area contributed by atoms with E-state index in [-0.39, 0.29) is 16.9 Å². The molecule has 3 N–H and O–H groups in total. The molecule has 0 saturated heterocycles. The molecule has 208 valence electrons. The highest BCUT2D eigenvalue weighted by molar-refractivity contribution is 7.71. The van der Waals surface area contributed by atoms with Crippen LogP contribution in [0.2, 0.25) is 0 Å². The number of nitrogens with zero attached hydrogens (tertiary/aromatic N) is 4. The molecule has 41 heavy (non-hydrogen) atoms. The van der Waals surface area contributed by atoms with Gasteiger partial charge in [-0.05, 0) is 88.4 Å². The number of nitrogens with one attached hydrogen (secondary N) is 3. The summed E-state index contributed by atoms with van der Waals surface area (Å²) in [5.74, 6) is 1.24. The van der Waals surface area contributed by atoms with Crippen molar-refractivity contribution >= 4 is 58.2 Å². The number of hydrogen-bond donors (Lipinski definition) is 3. The van der Waals surface area contributed by atoms with Gasteiger partial charge in [0.05, 0.1) is 22.7 Å². The van der Waals surface area contributed by atoms with Crippen molar-refractivity contribution in [2.75, 3.05) is 20.4 Å². The number of aromatic amines is 1. The first-order valence-electron chi connectivity index (χ1n) is 13.8. The van der Waals surface area contributed by atoms with Crippen LogP contribution in [0.3, 0.4) is 0 Å². The highest BCUT2D eigenvalue weighted by Crippen LogP contribution is 2.37. The molecule has 0 aliphatic carbocycles. The molecule has 0 fully saturated rings. The van der Waals surface area contributed by atoms with Crippen molar-refractivity contribution in [3.8, 4) is 0 Å². The molecule has 0 spiro atoms. The molecule has 7 nitrogen and oxygen atoms in total. The molecule has 1 heterocycles. The summed E-state index contributed by atoms with van der Waals surface area (Å²) < 4.78 is 0.270. The molecule has 0 unspecified atom stereocenters. The number of aromatic nitrogens is 3. The summed E-state index contributed by atoms with van der Waals surface area (Å²) in [6.07, 6.45) is 0. The van der Waals surface area contributed by atoms with Crippen molar-refractivity contribution in [3.05, 3.63) is 114 Å². The Morgan fingerprint density at radius 2 is 0.927 bits per heavy atom. The van der Waals surface area contributed by atoms with Crippen LogP contribution in [0, 0.1) is 4.77 Å². The van der Waals surface area contributed by atoms with Gasteiger partial charge >= 0.3 is 0 Å². The largest absolute Gasteiger partial charge is 0.354 e. The van der Waals surface area contributed by atoms with Crippen molar-refractivity contribution in [2.45, 2.75) is 39.8 Å². The minimum atomic E-state index is 0.0710. The molecule has 5 rings (SSSR count). The topological polar surface area (TPSA) is 72.1 Å². The average molecular weight is 562 g/mol. The molecular formula is C33H35N7S. The average Bonchev–Trinajstić information content (AvgIpc) is 2.96.